The molecule has 0 unspecified atom stereocenters. The highest BCUT2D eigenvalue weighted by Gasteiger charge is 2.29. The zero-order valence-corrected chi connectivity index (χ0v) is 17.0. The highest BCUT2D eigenvalue weighted by molar-refractivity contribution is 7.91. The van der Waals surface area contributed by atoms with Crippen LogP contribution in [0.5, 0.6) is 0 Å². The summed E-state index contributed by atoms with van der Waals surface area (Å²) in [6.07, 6.45) is 6.31. The molecule has 0 bridgehead atoms. The second-order valence-corrected chi connectivity index (χ2v) is 10.6. The Bertz CT molecular complexity index is 891. The Hall–Kier alpha value is -1.75. The average Bonchev–Trinajstić information content (AvgIpc) is 2.66. The number of Topliss-reactive ketones (excluding diaryl/α,β-unsaturated/α-hetero) is 1. The minimum atomic E-state index is -3.00. The number of hydrogen-bond acceptors (Lipinski definition) is 4. The van der Waals surface area contributed by atoms with E-state index in [1.165, 1.54) is 0 Å². The van der Waals surface area contributed by atoms with Gasteiger partial charge in [-0.1, -0.05) is 24.3 Å². The quantitative estimate of drug-likeness (QED) is 0.708. The number of hydrogen-bond donors (Lipinski definition) is 0. The Labute approximate surface area is 162 Å². The van der Waals surface area contributed by atoms with E-state index in [1.807, 2.05) is 24.4 Å². The standard InChI is InChI=1S/C22H29NO3S/c1-16(2)27(25,26)15-17-7-9-19(10-8-17)22(24)12-11-21-20-6-4-3-5-18(20)13-14-23-21/h3-6,13-14,16-17,19H,7-12,15H2,1-2H3. The lowest BCUT2D eigenvalue weighted by molar-refractivity contribution is -0.124. The molecular formula is C22H29NO3S. The molecular weight excluding hydrogens is 358 g/mol. The third-order valence-electron chi connectivity index (χ3n) is 5.85. The van der Waals surface area contributed by atoms with Gasteiger partial charge in [0, 0.05) is 29.6 Å². The van der Waals surface area contributed by atoms with Crippen molar-refractivity contribution in [2.45, 2.75) is 57.6 Å². The fourth-order valence-corrected chi connectivity index (χ4v) is 5.37. The van der Waals surface area contributed by atoms with E-state index in [0.29, 0.717) is 18.6 Å². The van der Waals surface area contributed by atoms with Crippen molar-refractivity contribution in [3.05, 3.63) is 42.2 Å². The molecule has 0 atom stereocenters. The van der Waals surface area contributed by atoms with E-state index in [2.05, 4.69) is 17.1 Å². The maximum absolute atomic E-state index is 12.7. The second-order valence-electron chi connectivity index (χ2n) is 8.04. The Morgan fingerprint density at radius 3 is 2.52 bits per heavy atom. The summed E-state index contributed by atoms with van der Waals surface area (Å²) < 4.78 is 24.2. The van der Waals surface area contributed by atoms with Gasteiger partial charge in [-0.05, 0) is 63.3 Å². The predicted octanol–water partition coefficient (Wildman–Crippen LogP) is 4.37. The minimum Gasteiger partial charge on any atom is -0.299 e. The molecule has 0 amide bonds. The zero-order chi connectivity index (χ0) is 19.4. The average molecular weight is 388 g/mol. The molecule has 1 heterocycles. The van der Waals surface area contributed by atoms with Crippen molar-refractivity contribution in [3.63, 3.8) is 0 Å². The van der Waals surface area contributed by atoms with Crippen LogP contribution in [0.4, 0.5) is 0 Å². The first-order valence-electron chi connectivity index (χ1n) is 9.93. The monoisotopic (exact) mass is 387 g/mol. The molecule has 0 aliphatic heterocycles. The molecule has 0 saturated heterocycles. The number of benzene rings is 1. The van der Waals surface area contributed by atoms with Crippen molar-refractivity contribution >= 4 is 26.4 Å². The first kappa shape index (κ1) is 20.0. The van der Waals surface area contributed by atoms with Crippen LogP contribution in [0.2, 0.25) is 0 Å². The normalized spacial score (nSPS) is 20.9. The smallest absolute Gasteiger partial charge is 0.152 e. The Kier molecular flexibility index (Phi) is 6.30. The molecule has 2 aromatic rings. The number of ketones is 1. The maximum atomic E-state index is 12.7. The van der Waals surface area contributed by atoms with Crippen LogP contribution < -0.4 is 0 Å². The molecule has 1 aromatic heterocycles. The number of aryl methyl sites for hydroxylation is 1. The number of rotatable bonds is 7. The first-order chi connectivity index (χ1) is 12.9. The second kappa shape index (κ2) is 8.51. The summed E-state index contributed by atoms with van der Waals surface area (Å²) in [7, 11) is -3.00. The van der Waals surface area contributed by atoms with Crippen LogP contribution in [0.25, 0.3) is 10.8 Å². The lowest BCUT2D eigenvalue weighted by atomic mass is 9.80. The van der Waals surface area contributed by atoms with Crippen molar-refractivity contribution in [3.8, 4) is 0 Å². The van der Waals surface area contributed by atoms with Crippen LogP contribution >= 0.6 is 0 Å². The summed E-state index contributed by atoms with van der Waals surface area (Å²) in [5.41, 5.74) is 0.984. The molecule has 27 heavy (non-hydrogen) atoms. The lowest BCUT2D eigenvalue weighted by Crippen LogP contribution is -2.28. The van der Waals surface area contributed by atoms with Crippen LogP contribution in [0, 0.1) is 11.8 Å². The third kappa shape index (κ3) is 4.95. The SMILES string of the molecule is CC(C)S(=O)(=O)CC1CCC(C(=O)CCc2nccc3ccccc23)CC1. The lowest BCUT2D eigenvalue weighted by Gasteiger charge is -2.28. The molecule has 146 valence electrons. The van der Waals surface area contributed by atoms with Gasteiger partial charge in [0.25, 0.3) is 0 Å². The molecule has 0 spiro atoms. The van der Waals surface area contributed by atoms with E-state index in [-0.39, 0.29) is 22.8 Å². The van der Waals surface area contributed by atoms with Crippen molar-refractivity contribution in [1.29, 1.82) is 0 Å². The summed E-state index contributed by atoms with van der Waals surface area (Å²) in [5.74, 6) is 0.861. The van der Waals surface area contributed by atoms with Crippen molar-refractivity contribution in [1.82, 2.24) is 4.98 Å². The van der Waals surface area contributed by atoms with Crippen molar-refractivity contribution in [2.75, 3.05) is 5.75 Å². The van der Waals surface area contributed by atoms with E-state index in [9.17, 15) is 13.2 Å². The zero-order valence-electron chi connectivity index (χ0n) is 16.2. The van der Waals surface area contributed by atoms with Gasteiger partial charge in [0.15, 0.2) is 9.84 Å². The van der Waals surface area contributed by atoms with Gasteiger partial charge >= 0.3 is 0 Å². The van der Waals surface area contributed by atoms with E-state index in [1.54, 1.807) is 13.8 Å². The molecule has 1 aromatic carbocycles. The number of sulfone groups is 1. The largest absolute Gasteiger partial charge is 0.299 e. The molecule has 0 N–H and O–H groups in total. The molecule has 5 heteroatoms. The summed E-state index contributed by atoms with van der Waals surface area (Å²) in [4.78, 5) is 17.1. The molecule has 1 saturated carbocycles. The van der Waals surface area contributed by atoms with E-state index in [4.69, 9.17) is 0 Å². The van der Waals surface area contributed by atoms with E-state index < -0.39 is 9.84 Å². The van der Waals surface area contributed by atoms with Crippen molar-refractivity contribution < 1.29 is 13.2 Å². The summed E-state index contributed by atoms with van der Waals surface area (Å²) >= 11 is 0. The van der Waals surface area contributed by atoms with Gasteiger partial charge in [0.1, 0.15) is 5.78 Å². The molecule has 1 aliphatic rings. The number of pyridine rings is 1. The highest BCUT2D eigenvalue weighted by Crippen LogP contribution is 2.32. The van der Waals surface area contributed by atoms with Crippen LogP contribution in [0.15, 0.2) is 36.5 Å². The fourth-order valence-electron chi connectivity index (χ4n) is 4.00. The minimum absolute atomic E-state index is 0.0815. The third-order valence-corrected chi connectivity index (χ3v) is 8.23. The predicted molar refractivity (Wildman–Crippen MR) is 109 cm³/mol. The van der Waals surface area contributed by atoms with Crippen LogP contribution in [0.3, 0.4) is 0 Å². The number of nitrogens with zero attached hydrogens (tertiary/aromatic N) is 1. The van der Waals surface area contributed by atoms with Gasteiger partial charge in [-0.2, -0.15) is 0 Å². The topological polar surface area (TPSA) is 64.1 Å². The number of carbonyl (C=O) groups is 1. The Morgan fingerprint density at radius 1 is 1.11 bits per heavy atom. The van der Waals surface area contributed by atoms with Gasteiger partial charge in [-0.3, -0.25) is 9.78 Å². The van der Waals surface area contributed by atoms with E-state index in [0.717, 1.165) is 42.1 Å². The molecule has 0 radical (unpaired) electrons. The van der Waals surface area contributed by atoms with Crippen molar-refractivity contribution in [2.24, 2.45) is 11.8 Å². The molecule has 1 fully saturated rings. The Balaban J connectivity index is 1.53. The van der Waals surface area contributed by atoms with Gasteiger partial charge in [-0.15, -0.1) is 0 Å². The van der Waals surface area contributed by atoms with Gasteiger partial charge in [-0.25, -0.2) is 8.42 Å². The highest BCUT2D eigenvalue weighted by atomic mass is 32.2. The Morgan fingerprint density at radius 2 is 1.81 bits per heavy atom. The fraction of sp³-hybridized carbons (Fsp3) is 0.545. The van der Waals surface area contributed by atoms with Gasteiger partial charge in [0.05, 0.1) is 11.0 Å². The number of fused-ring (bicyclic) bond motifs is 1. The molecule has 4 nitrogen and oxygen atoms in total. The van der Waals surface area contributed by atoms with Gasteiger partial charge in [0.2, 0.25) is 0 Å². The van der Waals surface area contributed by atoms with Gasteiger partial charge < -0.3 is 0 Å². The first-order valence-corrected chi connectivity index (χ1v) is 11.7. The summed E-state index contributed by atoms with van der Waals surface area (Å²) in [5, 5.41) is 1.96. The van der Waals surface area contributed by atoms with Crippen LogP contribution in [-0.2, 0) is 21.1 Å². The molecule has 3 rings (SSSR count). The van der Waals surface area contributed by atoms with Crippen LogP contribution in [0.1, 0.15) is 51.6 Å². The summed E-state index contributed by atoms with van der Waals surface area (Å²) in [6, 6.07) is 10.1. The summed E-state index contributed by atoms with van der Waals surface area (Å²) in [6.45, 7) is 3.48. The number of carbonyl (C=O) groups excluding carboxylic acids is 1. The maximum Gasteiger partial charge on any atom is 0.152 e. The molecule has 1 aliphatic carbocycles. The number of aromatic nitrogens is 1. The van der Waals surface area contributed by atoms with Crippen LogP contribution in [-0.4, -0.2) is 30.2 Å². The van der Waals surface area contributed by atoms with E-state index >= 15 is 0 Å².